The van der Waals surface area contributed by atoms with Crippen LogP contribution in [0.15, 0.2) is 6.20 Å². The quantitative estimate of drug-likeness (QED) is 0.252. The molecule has 0 aromatic carbocycles. The molecule has 1 aromatic rings. The number of aliphatic hydroxyl groups is 3. The molecule has 0 unspecified atom stereocenters. The number of cyclic esters (lactones) is 1. The maximum atomic E-state index is 14.3. The maximum Gasteiger partial charge on any atom is 0.311 e. The number of carbonyl (C=O) groups is 2. The number of aliphatic hydroxyl groups excluding tert-OH is 2. The Kier molecular flexibility index (Phi) is 14.4. The van der Waals surface area contributed by atoms with Crippen molar-refractivity contribution in [1.29, 1.82) is 0 Å². The standard InChI is InChI=1S/C40H69BN4O12/c1-13-28-40(10,50)33(47)22(4)30(46)20(2)17-39(9)35(23(5)31(24(6)36(49)54-28)55-29-18-38(8,51-12)34(48)25(7)53-29)56-37-32(57-39)27(16-21(3)52-37)44(11)15-14-26-19-45(41)43-42-26/h19-25,27-29,31-35,37,47-48,50H,13-18,41H2,1-12H3/t20-,21-,22+,23+,24-,25+,27+,28-,29+,31+,32-,33-,34+,35-,37+,38-,39-,40-/m1/s1. The SMILES string of the molecule is Bn1cc(CCN(C)[C@H]2C[C@@H](C)O[C@H]3O[C@@H]4[C@@H](C)[C@H](O[C@H]5C[C@@](C)(OC)[C@@H](O)[C@H](C)O5)[C@@H](C)C(=O)O[C@H](CC)[C@@](C)(O)[C@H](O)[C@@H](C)C(=O)[C@H](C)C[C@@]4(C)O[C@@H]32)nn1. The molecule has 0 radical (unpaired) electrons. The van der Waals surface area contributed by atoms with Gasteiger partial charge in [-0.25, -0.2) is 0 Å². The van der Waals surface area contributed by atoms with Gasteiger partial charge >= 0.3 is 5.97 Å². The second-order valence-electron chi connectivity index (χ2n) is 18.2. The van der Waals surface area contributed by atoms with Gasteiger partial charge in [0.25, 0.3) is 7.98 Å². The van der Waals surface area contributed by atoms with Crippen molar-refractivity contribution in [2.75, 3.05) is 20.7 Å². The zero-order valence-electron chi connectivity index (χ0n) is 36.3. The molecule has 4 aliphatic rings. The summed E-state index contributed by atoms with van der Waals surface area (Å²) in [5.41, 5.74) is -3.22. The van der Waals surface area contributed by atoms with Crippen molar-refractivity contribution in [3.8, 4) is 0 Å². The summed E-state index contributed by atoms with van der Waals surface area (Å²) in [6.45, 7) is 18.3. The third-order valence-electron chi connectivity index (χ3n) is 13.5. The van der Waals surface area contributed by atoms with Crippen LogP contribution in [0.1, 0.15) is 101 Å². The van der Waals surface area contributed by atoms with Crippen molar-refractivity contribution in [2.45, 2.75) is 186 Å². The summed E-state index contributed by atoms with van der Waals surface area (Å²) in [5, 5.41) is 42.6. The topological polar surface area (TPSA) is 193 Å². The van der Waals surface area contributed by atoms with Crippen molar-refractivity contribution in [2.24, 2.45) is 23.7 Å². The molecule has 16 nitrogen and oxygen atoms in total. The third kappa shape index (κ3) is 9.48. The van der Waals surface area contributed by atoms with E-state index in [2.05, 4.69) is 15.2 Å². The Bertz CT molecular complexity index is 1540. The van der Waals surface area contributed by atoms with Crippen LogP contribution in [0.25, 0.3) is 0 Å². The van der Waals surface area contributed by atoms with Crippen molar-refractivity contribution in [3.63, 3.8) is 0 Å². The number of Topliss-reactive ketones (excluding diaryl/α,β-unsaturated/α-hetero) is 1. The minimum absolute atomic E-state index is 0.124. The Morgan fingerprint density at radius 1 is 1.02 bits per heavy atom. The Labute approximate surface area is 339 Å². The fraction of sp³-hybridized carbons (Fsp3) is 0.900. The van der Waals surface area contributed by atoms with Gasteiger partial charge < -0.3 is 58.0 Å². The lowest BCUT2D eigenvalue weighted by atomic mass is 9.73. The molecule has 4 saturated heterocycles. The molecule has 1 aromatic heterocycles. The van der Waals surface area contributed by atoms with E-state index < -0.39 is 102 Å². The number of ketones is 1. The third-order valence-corrected chi connectivity index (χ3v) is 13.5. The van der Waals surface area contributed by atoms with E-state index in [9.17, 15) is 24.9 Å². The summed E-state index contributed by atoms with van der Waals surface area (Å²) in [7, 11) is 5.41. The first-order valence-electron chi connectivity index (χ1n) is 20.8. The number of likely N-dealkylation sites (N-methyl/N-ethyl adjacent to an activating group) is 1. The fourth-order valence-electron chi connectivity index (χ4n) is 9.82. The van der Waals surface area contributed by atoms with Gasteiger partial charge in [0.2, 0.25) is 0 Å². The number of rotatable bonds is 8. The average Bonchev–Trinajstić information content (AvgIpc) is 3.59. The smallest absolute Gasteiger partial charge is 0.311 e. The van der Waals surface area contributed by atoms with E-state index in [1.807, 2.05) is 42.0 Å². The van der Waals surface area contributed by atoms with Gasteiger partial charge in [-0.3, -0.25) is 9.59 Å². The number of aromatic nitrogens is 3. The molecule has 0 spiro atoms. The van der Waals surface area contributed by atoms with Gasteiger partial charge in [-0.15, -0.1) is 5.10 Å². The first-order valence-corrected chi connectivity index (χ1v) is 20.8. The zero-order chi connectivity index (χ0) is 42.4. The second-order valence-corrected chi connectivity index (χ2v) is 18.2. The molecule has 3 N–H and O–H groups in total. The van der Waals surface area contributed by atoms with Crippen LogP contribution in [-0.2, 0) is 49.2 Å². The van der Waals surface area contributed by atoms with Gasteiger partial charge in [0.05, 0.1) is 53.3 Å². The minimum Gasteiger partial charge on any atom is -0.459 e. The predicted octanol–water partition coefficient (Wildman–Crippen LogP) is 1.43. The number of nitrogens with zero attached hydrogens (tertiary/aromatic N) is 4. The van der Waals surface area contributed by atoms with Crippen LogP contribution in [0.5, 0.6) is 0 Å². The molecule has 57 heavy (non-hydrogen) atoms. The van der Waals surface area contributed by atoms with E-state index in [-0.39, 0.29) is 37.2 Å². The van der Waals surface area contributed by atoms with Crippen LogP contribution >= 0.6 is 0 Å². The molecule has 17 heteroatoms. The summed E-state index contributed by atoms with van der Waals surface area (Å²) < 4.78 is 47.3. The molecule has 0 saturated carbocycles. The summed E-state index contributed by atoms with van der Waals surface area (Å²) >= 11 is 0. The fourth-order valence-corrected chi connectivity index (χ4v) is 9.82. The summed E-state index contributed by atoms with van der Waals surface area (Å²) in [5.74, 6) is -4.12. The lowest BCUT2D eigenvalue weighted by Crippen LogP contribution is -2.68. The van der Waals surface area contributed by atoms with Crippen molar-refractivity contribution >= 4 is 19.7 Å². The molecule has 0 aliphatic carbocycles. The molecule has 0 amide bonds. The molecule has 4 fully saturated rings. The van der Waals surface area contributed by atoms with Gasteiger partial charge in [0.1, 0.15) is 29.7 Å². The van der Waals surface area contributed by atoms with E-state index in [4.69, 9.17) is 33.2 Å². The second kappa shape index (κ2) is 17.9. The molecule has 5 rings (SSSR count). The van der Waals surface area contributed by atoms with Crippen molar-refractivity contribution in [3.05, 3.63) is 11.9 Å². The van der Waals surface area contributed by atoms with E-state index in [0.29, 0.717) is 19.4 Å². The number of hydrogen-bond donors (Lipinski definition) is 3. The number of carbonyl (C=O) groups excluding carboxylic acids is 2. The van der Waals surface area contributed by atoms with Gasteiger partial charge in [0.15, 0.2) is 12.6 Å². The summed E-state index contributed by atoms with van der Waals surface area (Å²) in [6.07, 6.45) is -4.60. The first kappa shape index (κ1) is 46.0. The molecular formula is C40H69BN4O12. The van der Waals surface area contributed by atoms with Crippen LogP contribution in [0.3, 0.4) is 0 Å². The highest BCUT2D eigenvalue weighted by molar-refractivity contribution is 6.05. The Morgan fingerprint density at radius 3 is 2.32 bits per heavy atom. The molecule has 324 valence electrons. The van der Waals surface area contributed by atoms with Crippen LogP contribution < -0.4 is 0 Å². The van der Waals surface area contributed by atoms with Crippen LogP contribution in [-0.4, -0.2) is 160 Å². The van der Waals surface area contributed by atoms with E-state index in [1.165, 1.54) is 14.0 Å². The van der Waals surface area contributed by atoms with Crippen LogP contribution in [0.4, 0.5) is 0 Å². The van der Waals surface area contributed by atoms with Gasteiger partial charge in [-0.05, 0) is 67.9 Å². The highest BCUT2D eigenvalue weighted by Crippen LogP contribution is 2.46. The highest BCUT2D eigenvalue weighted by atomic mass is 16.7. The van der Waals surface area contributed by atoms with Crippen LogP contribution in [0.2, 0.25) is 0 Å². The Morgan fingerprint density at radius 2 is 1.70 bits per heavy atom. The number of esters is 1. The van der Waals surface area contributed by atoms with Crippen LogP contribution in [0, 0.1) is 23.7 Å². The van der Waals surface area contributed by atoms with Gasteiger partial charge in [-0.2, -0.15) is 0 Å². The zero-order valence-corrected chi connectivity index (χ0v) is 36.3. The Hall–Kier alpha value is -2.06. The number of fused-ring (bicyclic) bond motifs is 2. The maximum absolute atomic E-state index is 14.3. The number of hydrogen-bond acceptors (Lipinski definition) is 15. The first-order chi connectivity index (χ1) is 26.6. The Balaban J connectivity index is 1.56. The molecule has 4 aliphatic heterocycles. The molecule has 0 bridgehead atoms. The van der Waals surface area contributed by atoms with Gasteiger partial charge in [-0.1, -0.05) is 32.9 Å². The molecular weight excluding hydrogens is 739 g/mol. The van der Waals surface area contributed by atoms with Crippen molar-refractivity contribution < 1.29 is 58.1 Å². The number of ether oxygens (including phenoxy) is 7. The largest absolute Gasteiger partial charge is 0.459 e. The van der Waals surface area contributed by atoms with Gasteiger partial charge in [0, 0.05) is 56.5 Å². The predicted molar refractivity (Wildman–Crippen MR) is 210 cm³/mol. The van der Waals surface area contributed by atoms with E-state index >= 15 is 0 Å². The lowest BCUT2D eigenvalue weighted by Gasteiger charge is -2.56. The number of methoxy groups -OCH3 is 1. The van der Waals surface area contributed by atoms with E-state index in [1.54, 1.807) is 46.1 Å². The minimum atomic E-state index is -1.95. The lowest BCUT2D eigenvalue weighted by molar-refractivity contribution is -0.377. The highest BCUT2D eigenvalue weighted by Gasteiger charge is 2.58. The molecule has 5 heterocycles. The monoisotopic (exact) mass is 809 g/mol. The summed E-state index contributed by atoms with van der Waals surface area (Å²) in [4.78, 5) is 30.7. The summed E-state index contributed by atoms with van der Waals surface area (Å²) in [6, 6.07) is -0.124. The van der Waals surface area contributed by atoms with E-state index in [0.717, 1.165) is 5.69 Å². The molecule has 18 atom stereocenters. The normalized spacial score (nSPS) is 46.5. The van der Waals surface area contributed by atoms with Crippen molar-refractivity contribution in [1.82, 2.24) is 19.8 Å². The average molecular weight is 809 g/mol.